The maximum atomic E-state index is 10.6. The van der Waals surface area contributed by atoms with Crippen LogP contribution in [0.5, 0.6) is 0 Å². The summed E-state index contributed by atoms with van der Waals surface area (Å²) in [4.78, 5) is 10.6. The van der Waals surface area contributed by atoms with E-state index in [1.165, 1.54) is 5.57 Å². The van der Waals surface area contributed by atoms with E-state index in [4.69, 9.17) is 0 Å². The van der Waals surface area contributed by atoms with Crippen LogP contribution in [0.15, 0.2) is 11.6 Å². The third-order valence-corrected chi connectivity index (χ3v) is 2.78. The number of hydrogen-bond acceptors (Lipinski definition) is 2. The fraction of sp³-hybridized carbons (Fsp3) is 0.625. The molecule has 2 heteroatoms. The van der Waals surface area contributed by atoms with Gasteiger partial charge in [-0.25, -0.2) is 0 Å². The predicted octanol–water partition coefficient (Wildman–Crippen LogP) is 2.03. The van der Waals surface area contributed by atoms with Gasteiger partial charge in [0.25, 0.3) is 0 Å². The van der Waals surface area contributed by atoms with E-state index in [9.17, 15) is 4.79 Å². The van der Waals surface area contributed by atoms with Crippen molar-refractivity contribution in [1.29, 1.82) is 0 Å². The molecule has 1 atom stereocenters. The van der Waals surface area contributed by atoms with Gasteiger partial charge >= 0.3 is 0 Å². The Morgan fingerprint density at radius 2 is 2.50 bits per heavy atom. The predicted molar refractivity (Wildman–Crippen MR) is 45.3 cm³/mol. The molecule has 1 nitrogen and oxygen atoms in total. The molecule has 0 amide bonds. The first-order chi connectivity index (χ1) is 4.68. The Morgan fingerprint density at radius 3 is 2.90 bits per heavy atom. The van der Waals surface area contributed by atoms with Crippen LogP contribution in [0.2, 0.25) is 0 Å². The quantitative estimate of drug-likeness (QED) is 0.540. The van der Waals surface area contributed by atoms with Gasteiger partial charge in [-0.15, -0.1) is 0 Å². The lowest BCUT2D eigenvalue weighted by Gasteiger charge is -1.92. The van der Waals surface area contributed by atoms with Gasteiger partial charge in [-0.3, -0.25) is 4.79 Å². The summed E-state index contributed by atoms with van der Waals surface area (Å²) in [6, 6.07) is 0. The van der Waals surface area contributed by atoms with Gasteiger partial charge in [0.05, 0.1) is 0 Å². The minimum atomic E-state index is 0.185. The standard InChI is InChI=1S/C8H12OS/c1-6(9)3-8-4-7(2)10-5-8/h3,7H,4-5H2,1-2H3. The van der Waals surface area contributed by atoms with Crippen LogP contribution >= 0.6 is 11.8 Å². The maximum absolute atomic E-state index is 10.6. The molecule has 1 rings (SSSR count). The van der Waals surface area contributed by atoms with E-state index in [-0.39, 0.29) is 5.78 Å². The minimum absolute atomic E-state index is 0.185. The van der Waals surface area contributed by atoms with Crippen molar-refractivity contribution in [3.05, 3.63) is 11.6 Å². The summed E-state index contributed by atoms with van der Waals surface area (Å²) >= 11 is 1.93. The summed E-state index contributed by atoms with van der Waals surface area (Å²) in [7, 11) is 0. The van der Waals surface area contributed by atoms with Crippen molar-refractivity contribution in [3.63, 3.8) is 0 Å². The van der Waals surface area contributed by atoms with Crippen molar-refractivity contribution < 1.29 is 4.79 Å². The molecule has 10 heavy (non-hydrogen) atoms. The number of allylic oxidation sites excluding steroid dienone is 1. The third kappa shape index (κ3) is 2.18. The van der Waals surface area contributed by atoms with Gasteiger partial charge in [0.15, 0.2) is 5.78 Å². The molecule has 0 N–H and O–H groups in total. The second kappa shape index (κ2) is 3.24. The summed E-state index contributed by atoms with van der Waals surface area (Å²) in [5.74, 6) is 1.24. The molecular formula is C8H12OS. The van der Waals surface area contributed by atoms with Crippen LogP contribution in [0.4, 0.5) is 0 Å². The van der Waals surface area contributed by atoms with Gasteiger partial charge in [0.2, 0.25) is 0 Å². The molecule has 1 unspecified atom stereocenters. The van der Waals surface area contributed by atoms with Crippen LogP contribution in [0.1, 0.15) is 20.3 Å². The normalized spacial score (nSPS) is 29.4. The van der Waals surface area contributed by atoms with Crippen LogP contribution in [0, 0.1) is 0 Å². The first-order valence-corrected chi connectivity index (χ1v) is 4.55. The summed E-state index contributed by atoms with van der Waals surface area (Å²) in [6.07, 6.45) is 2.88. The SMILES string of the molecule is CC(=O)C=C1CSC(C)C1. The van der Waals surface area contributed by atoms with Gasteiger partial charge in [0.1, 0.15) is 0 Å². The van der Waals surface area contributed by atoms with Gasteiger partial charge in [-0.1, -0.05) is 12.5 Å². The highest BCUT2D eigenvalue weighted by Crippen LogP contribution is 2.29. The Bertz CT molecular complexity index is 172. The molecule has 1 heterocycles. The molecule has 56 valence electrons. The van der Waals surface area contributed by atoms with E-state index < -0.39 is 0 Å². The second-order valence-electron chi connectivity index (χ2n) is 2.74. The van der Waals surface area contributed by atoms with Crippen LogP contribution in [-0.2, 0) is 4.79 Å². The van der Waals surface area contributed by atoms with Gasteiger partial charge in [0, 0.05) is 11.0 Å². The molecule has 0 radical (unpaired) electrons. The molecule has 0 spiro atoms. The Morgan fingerprint density at radius 1 is 1.80 bits per heavy atom. The van der Waals surface area contributed by atoms with E-state index in [1.54, 1.807) is 13.0 Å². The lowest BCUT2D eigenvalue weighted by molar-refractivity contribution is -0.112. The lowest BCUT2D eigenvalue weighted by Crippen LogP contribution is -1.89. The van der Waals surface area contributed by atoms with E-state index in [1.807, 2.05) is 11.8 Å². The first-order valence-electron chi connectivity index (χ1n) is 3.50. The highest BCUT2D eigenvalue weighted by Gasteiger charge is 2.14. The number of thioether (sulfide) groups is 1. The molecular weight excluding hydrogens is 144 g/mol. The molecule has 1 saturated heterocycles. The van der Waals surface area contributed by atoms with Crippen LogP contribution < -0.4 is 0 Å². The minimum Gasteiger partial charge on any atom is -0.295 e. The van der Waals surface area contributed by atoms with Gasteiger partial charge in [-0.2, -0.15) is 11.8 Å². The smallest absolute Gasteiger partial charge is 0.152 e. The van der Waals surface area contributed by atoms with Crippen LogP contribution in [0.25, 0.3) is 0 Å². The van der Waals surface area contributed by atoms with Crippen molar-refractivity contribution in [1.82, 2.24) is 0 Å². The van der Waals surface area contributed by atoms with Gasteiger partial charge < -0.3 is 0 Å². The third-order valence-electron chi connectivity index (χ3n) is 1.51. The summed E-state index contributed by atoms with van der Waals surface area (Å²) in [5.41, 5.74) is 1.31. The zero-order valence-electron chi connectivity index (χ0n) is 6.39. The molecule has 1 fully saturated rings. The molecule has 0 aromatic heterocycles. The molecule has 0 saturated carbocycles. The largest absolute Gasteiger partial charge is 0.295 e. The van der Waals surface area contributed by atoms with E-state index >= 15 is 0 Å². The Balaban J connectivity index is 2.51. The average Bonchev–Trinajstić information content (AvgIpc) is 2.13. The Hall–Kier alpha value is -0.240. The van der Waals surface area contributed by atoms with E-state index in [0.717, 1.165) is 12.2 Å². The summed E-state index contributed by atoms with van der Waals surface area (Å²) < 4.78 is 0. The molecule has 0 aromatic rings. The molecule has 0 bridgehead atoms. The fourth-order valence-corrected chi connectivity index (χ4v) is 2.16. The number of rotatable bonds is 1. The highest BCUT2D eigenvalue weighted by molar-refractivity contribution is 8.00. The average molecular weight is 156 g/mol. The number of carbonyl (C=O) groups is 1. The summed E-state index contributed by atoms with van der Waals surface area (Å²) in [6.45, 7) is 3.81. The fourth-order valence-electron chi connectivity index (χ4n) is 1.12. The molecule has 0 aliphatic carbocycles. The topological polar surface area (TPSA) is 17.1 Å². The second-order valence-corrected chi connectivity index (χ2v) is 4.17. The zero-order valence-corrected chi connectivity index (χ0v) is 7.20. The van der Waals surface area contributed by atoms with Crippen molar-refractivity contribution in [2.24, 2.45) is 0 Å². The maximum Gasteiger partial charge on any atom is 0.152 e. The first kappa shape index (κ1) is 7.86. The van der Waals surface area contributed by atoms with Crippen molar-refractivity contribution in [2.45, 2.75) is 25.5 Å². The number of hydrogen-bond donors (Lipinski definition) is 0. The van der Waals surface area contributed by atoms with Crippen molar-refractivity contribution >= 4 is 17.5 Å². The van der Waals surface area contributed by atoms with Crippen LogP contribution in [-0.4, -0.2) is 16.8 Å². The number of carbonyl (C=O) groups excluding carboxylic acids is 1. The monoisotopic (exact) mass is 156 g/mol. The van der Waals surface area contributed by atoms with E-state index in [0.29, 0.717) is 5.25 Å². The Labute approximate surface area is 65.9 Å². The molecule has 1 aliphatic heterocycles. The summed E-state index contributed by atoms with van der Waals surface area (Å²) in [5, 5.41) is 0.714. The lowest BCUT2D eigenvalue weighted by atomic mass is 10.1. The van der Waals surface area contributed by atoms with E-state index in [2.05, 4.69) is 6.92 Å². The van der Waals surface area contributed by atoms with Crippen molar-refractivity contribution in [3.8, 4) is 0 Å². The molecule has 1 aliphatic rings. The highest BCUT2D eigenvalue weighted by atomic mass is 32.2. The Kier molecular flexibility index (Phi) is 2.55. The number of ketones is 1. The van der Waals surface area contributed by atoms with Gasteiger partial charge in [-0.05, 0) is 19.4 Å². The van der Waals surface area contributed by atoms with Crippen molar-refractivity contribution in [2.75, 3.05) is 5.75 Å². The van der Waals surface area contributed by atoms with Crippen LogP contribution in [0.3, 0.4) is 0 Å². The molecule has 0 aromatic carbocycles. The zero-order chi connectivity index (χ0) is 7.56.